The molecule has 1 heterocycles. The second-order valence-corrected chi connectivity index (χ2v) is 7.55. The predicted octanol–water partition coefficient (Wildman–Crippen LogP) is 1.86. The van der Waals surface area contributed by atoms with E-state index in [0.29, 0.717) is 11.3 Å². The van der Waals surface area contributed by atoms with Crippen LogP contribution in [0.1, 0.15) is 39.2 Å². The maximum absolute atomic E-state index is 12.0. The maximum Gasteiger partial charge on any atom is 0.336 e. The molecule has 0 aliphatic carbocycles. The number of benzene rings is 1. The van der Waals surface area contributed by atoms with Crippen molar-refractivity contribution >= 4 is 28.8 Å². The first-order chi connectivity index (χ1) is 14.7. The Kier molecular flexibility index (Phi) is 8.60. The number of fused-ring (bicyclic) bond motifs is 1. The molecule has 0 saturated carbocycles. The number of carbonyl (C=O) groups is 3. The van der Waals surface area contributed by atoms with E-state index >= 15 is 0 Å². The molecule has 3 N–H and O–H groups in total. The number of aryl methyl sites for hydroxylation is 1. The van der Waals surface area contributed by atoms with E-state index in [0.717, 1.165) is 30.2 Å². The normalized spacial score (nSPS) is 11.9. The van der Waals surface area contributed by atoms with E-state index in [9.17, 15) is 19.2 Å². The molecule has 0 radical (unpaired) electrons. The van der Waals surface area contributed by atoms with E-state index in [1.54, 1.807) is 32.0 Å². The van der Waals surface area contributed by atoms with Crippen LogP contribution in [-0.2, 0) is 20.8 Å². The van der Waals surface area contributed by atoms with Gasteiger partial charge in [0.15, 0.2) is 6.61 Å². The van der Waals surface area contributed by atoms with Crippen molar-refractivity contribution in [1.82, 2.24) is 10.6 Å². The van der Waals surface area contributed by atoms with Crippen molar-refractivity contribution in [2.75, 3.05) is 13.2 Å². The Morgan fingerprint density at radius 2 is 1.90 bits per heavy atom. The molecular formula is C22H28N2O7. The monoisotopic (exact) mass is 432 g/mol. The number of hydrogen-bond donors (Lipinski definition) is 3. The third kappa shape index (κ3) is 7.13. The van der Waals surface area contributed by atoms with Crippen molar-refractivity contribution in [2.24, 2.45) is 5.92 Å². The number of nitrogens with one attached hydrogen (secondary N) is 2. The minimum Gasteiger partial charge on any atom is -0.484 e. The van der Waals surface area contributed by atoms with Crippen LogP contribution in [0.5, 0.6) is 5.75 Å². The fraction of sp³-hybridized carbons (Fsp3) is 0.455. The van der Waals surface area contributed by atoms with Crippen LogP contribution in [0.2, 0.25) is 0 Å². The third-order valence-electron chi connectivity index (χ3n) is 4.67. The van der Waals surface area contributed by atoms with Crippen molar-refractivity contribution < 1.29 is 28.6 Å². The number of carbonyl (C=O) groups excluding carboxylic acids is 2. The lowest BCUT2D eigenvalue weighted by atomic mass is 10.0. The van der Waals surface area contributed by atoms with Gasteiger partial charge in [0.05, 0.1) is 6.54 Å². The molecule has 168 valence electrons. The van der Waals surface area contributed by atoms with Crippen LogP contribution in [0.25, 0.3) is 11.0 Å². The van der Waals surface area contributed by atoms with Crippen LogP contribution < -0.4 is 21.0 Å². The Balaban J connectivity index is 1.92. The molecule has 0 unspecified atom stereocenters. The molecular weight excluding hydrogens is 404 g/mol. The van der Waals surface area contributed by atoms with Crippen LogP contribution >= 0.6 is 0 Å². The fourth-order valence-corrected chi connectivity index (χ4v) is 2.99. The Morgan fingerprint density at radius 3 is 2.55 bits per heavy atom. The van der Waals surface area contributed by atoms with Gasteiger partial charge in [0.1, 0.15) is 17.4 Å². The minimum absolute atomic E-state index is 0.295. The van der Waals surface area contributed by atoms with Gasteiger partial charge in [0.25, 0.3) is 5.91 Å². The summed E-state index contributed by atoms with van der Waals surface area (Å²) in [4.78, 5) is 46.7. The maximum atomic E-state index is 12.0. The molecule has 31 heavy (non-hydrogen) atoms. The lowest BCUT2D eigenvalue weighted by Crippen LogP contribution is -2.48. The van der Waals surface area contributed by atoms with E-state index in [2.05, 4.69) is 17.6 Å². The van der Waals surface area contributed by atoms with Crippen molar-refractivity contribution in [1.29, 1.82) is 0 Å². The molecule has 1 aromatic heterocycles. The summed E-state index contributed by atoms with van der Waals surface area (Å²) in [5.74, 6) is -2.25. The molecule has 2 rings (SSSR count). The van der Waals surface area contributed by atoms with Crippen molar-refractivity contribution in [3.8, 4) is 5.75 Å². The Labute approximate surface area is 179 Å². The molecule has 0 aliphatic heterocycles. The predicted molar refractivity (Wildman–Crippen MR) is 114 cm³/mol. The third-order valence-corrected chi connectivity index (χ3v) is 4.67. The topological polar surface area (TPSA) is 135 Å². The van der Waals surface area contributed by atoms with Gasteiger partial charge in [0.2, 0.25) is 5.91 Å². The Morgan fingerprint density at radius 1 is 1.16 bits per heavy atom. The molecule has 1 aromatic carbocycles. The number of amides is 2. The second kappa shape index (κ2) is 11.1. The van der Waals surface area contributed by atoms with Gasteiger partial charge in [-0.3, -0.25) is 9.59 Å². The number of hydrogen-bond acceptors (Lipinski definition) is 6. The highest BCUT2D eigenvalue weighted by Crippen LogP contribution is 2.23. The SMILES string of the molecule is CCCCc1cc(=O)oc2cc(OCC(=O)NCC(=O)N[C@@H](C(=O)O)C(C)C)ccc12. The fourth-order valence-electron chi connectivity index (χ4n) is 2.99. The summed E-state index contributed by atoms with van der Waals surface area (Å²) in [6.07, 6.45) is 2.72. The first-order valence-electron chi connectivity index (χ1n) is 10.2. The summed E-state index contributed by atoms with van der Waals surface area (Å²) >= 11 is 0. The van der Waals surface area contributed by atoms with Crippen LogP contribution in [-0.4, -0.2) is 42.1 Å². The first kappa shape index (κ1) is 23.9. The highest BCUT2D eigenvalue weighted by atomic mass is 16.5. The zero-order chi connectivity index (χ0) is 23.0. The van der Waals surface area contributed by atoms with Crippen LogP contribution in [0.15, 0.2) is 33.5 Å². The first-order valence-corrected chi connectivity index (χ1v) is 10.2. The van der Waals surface area contributed by atoms with Gasteiger partial charge in [-0.1, -0.05) is 27.2 Å². The van der Waals surface area contributed by atoms with Gasteiger partial charge in [-0.05, 0) is 36.5 Å². The van der Waals surface area contributed by atoms with Gasteiger partial charge >= 0.3 is 11.6 Å². The van der Waals surface area contributed by atoms with Crippen LogP contribution in [0, 0.1) is 5.92 Å². The number of rotatable bonds is 11. The molecule has 2 amide bonds. The molecule has 0 bridgehead atoms. The second-order valence-electron chi connectivity index (χ2n) is 7.55. The van der Waals surface area contributed by atoms with Crippen molar-refractivity contribution in [3.05, 3.63) is 40.2 Å². The van der Waals surface area contributed by atoms with E-state index in [1.807, 2.05) is 0 Å². The van der Waals surface area contributed by atoms with E-state index in [-0.39, 0.29) is 19.1 Å². The molecule has 0 spiro atoms. The Hall–Kier alpha value is -3.36. The largest absolute Gasteiger partial charge is 0.484 e. The van der Waals surface area contributed by atoms with Crippen LogP contribution in [0.4, 0.5) is 0 Å². The van der Waals surface area contributed by atoms with Crippen LogP contribution in [0.3, 0.4) is 0 Å². The lowest BCUT2D eigenvalue weighted by Gasteiger charge is -2.18. The van der Waals surface area contributed by atoms with E-state index in [4.69, 9.17) is 14.3 Å². The molecule has 0 fully saturated rings. The quantitative estimate of drug-likeness (QED) is 0.461. The molecule has 0 aliphatic rings. The van der Waals surface area contributed by atoms with Gasteiger partial charge in [-0.25, -0.2) is 9.59 Å². The highest BCUT2D eigenvalue weighted by Gasteiger charge is 2.23. The zero-order valence-corrected chi connectivity index (χ0v) is 17.9. The van der Waals surface area contributed by atoms with E-state index in [1.165, 1.54) is 6.07 Å². The molecule has 0 saturated heterocycles. The Bertz CT molecular complexity index is 997. The number of ether oxygens (including phenoxy) is 1. The molecule has 1 atom stereocenters. The lowest BCUT2D eigenvalue weighted by molar-refractivity contribution is -0.143. The average Bonchev–Trinajstić information content (AvgIpc) is 2.71. The number of carboxylic acids is 1. The van der Waals surface area contributed by atoms with Gasteiger partial charge in [-0.2, -0.15) is 0 Å². The zero-order valence-electron chi connectivity index (χ0n) is 17.9. The minimum atomic E-state index is -1.14. The summed E-state index contributed by atoms with van der Waals surface area (Å²) in [7, 11) is 0. The number of carboxylic acid groups (broad SMARTS) is 1. The standard InChI is InChI=1S/C22H28N2O7/c1-4-5-6-14-9-20(27)31-17-10-15(7-8-16(14)17)30-12-19(26)23-11-18(25)24-21(13(2)3)22(28)29/h7-10,13,21H,4-6,11-12H2,1-3H3,(H,23,26)(H,24,25)(H,28,29)/t21-/m1/s1. The molecule has 9 heteroatoms. The smallest absolute Gasteiger partial charge is 0.336 e. The van der Waals surface area contributed by atoms with Gasteiger partial charge in [0, 0.05) is 17.5 Å². The van der Waals surface area contributed by atoms with Crippen molar-refractivity contribution in [3.63, 3.8) is 0 Å². The summed E-state index contributed by atoms with van der Waals surface area (Å²) in [5.41, 5.74) is 0.842. The van der Waals surface area contributed by atoms with Gasteiger partial charge in [-0.15, -0.1) is 0 Å². The summed E-state index contributed by atoms with van der Waals surface area (Å²) < 4.78 is 10.7. The summed E-state index contributed by atoms with van der Waals surface area (Å²) in [6.45, 7) is 4.69. The number of aliphatic carboxylic acids is 1. The molecule has 9 nitrogen and oxygen atoms in total. The number of unbranched alkanes of at least 4 members (excludes halogenated alkanes) is 1. The average molecular weight is 432 g/mol. The highest BCUT2D eigenvalue weighted by molar-refractivity contribution is 5.88. The summed E-state index contributed by atoms with van der Waals surface area (Å²) in [5, 5.41) is 14.6. The van der Waals surface area contributed by atoms with E-state index < -0.39 is 29.5 Å². The molecule has 2 aromatic rings. The van der Waals surface area contributed by atoms with Crippen molar-refractivity contribution in [2.45, 2.75) is 46.1 Å². The van der Waals surface area contributed by atoms with Gasteiger partial charge < -0.3 is 24.9 Å². The summed E-state index contributed by atoms with van der Waals surface area (Å²) in [6, 6.07) is 5.46.